The van der Waals surface area contributed by atoms with Gasteiger partial charge in [-0.2, -0.15) is 0 Å². The van der Waals surface area contributed by atoms with Crippen LogP contribution in [0.2, 0.25) is 0 Å². The second kappa shape index (κ2) is 5.22. The molecule has 0 atom stereocenters. The zero-order valence-electron chi connectivity index (χ0n) is 9.55. The Morgan fingerprint density at radius 3 is 2.32 bits per heavy atom. The van der Waals surface area contributed by atoms with Crippen LogP contribution in [-0.2, 0) is 0 Å². The molecular formula is C13H7Br2N3O. The Bertz CT molecular complexity index is 693. The standard InChI is InChI=1S/C13H7Br2N3O/c14-9-5-8(6-10(15)7-9)12-17-18-13(19-12)11-3-1-2-4-16-11/h1-7H. The summed E-state index contributed by atoms with van der Waals surface area (Å²) >= 11 is 6.86. The quantitative estimate of drug-likeness (QED) is 0.664. The molecule has 2 heterocycles. The van der Waals surface area contributed by atoms with Crippen LogP contribution in [0.3, 0.4) is 0 Å². The summed E-state index contributed by atoms with van der Waals surface area (Å²) < 4.78 is 7.52. The molecule has 4 nitrogen and oxygen atoms in total. The van der Waals surface area contributed by atoms with Gasteiger partial charge in [0.15, 0.2) is 0 Å². The van der Waals surface area contributed by atoms with Gasteiger partial charge in [0.25, 0.3) is 5.89 Å². The number of nitrogens with zero attached hydrogens (tertiary/aromatic N) is 3. The van der Waals surface area contributed by atoms with E-state index >= 15 is 0 Å². The van der Waals surface area contributed by atoms with Crippen LogP contribution in [-0.4, -0.2) is 15.2 Å². The van der Waals surface area contributed by atoms with E-state index < -0.39 is 0 Å². The van der Waals surface area contributed by atoms with E-state index in [1.54, 1.807) is 6.20 Å². The summed E-state index contributed by atoms with van der Waals surface area (Å²) in [6.07, 6.45) is 1.69. The van der Waals surface area contributed by atoms with Gasteiger partial charge in [0.2, 0.25) is 5.89 Å². The van der Waals surface area contributed by atoms with Crippen molar-refractivity contribution in [1.29, 1.82) is 0 Å². The maximum atomic E-state index is 5.64. The van der Waals surface area contributed by atoms with Gasteiger partial charge in [-0.25, -0.2) is 0 Å². The monoisotopic (exact) mass is 379 g/mol. The van der Waals surface area contributed by atoms with Crippen molar-refractivity contribution < 1.29 is 4.42 Å². The first kappa shape index (κ1) is 12.5. The molecule has 3 rings (SSSR count). The summed E-state index contributed by atoms with van der Waals surface area (Å²) in [6.45, 7) is 0. The van der Waals surface area contributed by atoms with E-state index in [2.05, 4.69) is 47.0 Å². The smallest absolute Gasteiger partial charge is 0.266 e. The van der Waals surface area contributed by atoms with Crippen LogP contribution in [0.25, 0.3) is 23.0 Å². The Morgan fingerprint density at radius 2 is 1.63 bits per heavy atom. The Morgan fingerprint density at radius 1 is 0.895 bits per heavy atom. The van der Waals surface area contributed by atoms with E-state index in [0.717, 1.165) is 14.5 Å². The van der Waals surface area contributed by atoms with Gasteiger partial charge < -0.3 is 4.42 Å². The van der Waals surface area contributed by atoms with Crippen molar-refractivity contribution in [2.45, 2.75) is 0 Å². The molecule has 0 unspecified atom stereocenters. The Balaban J connectivity index is 2.02. The third-order valence-corrected chi connectivity index (χ3v) is 3.33. The minimum atomic E-state index is 0.409. The summed E-state index contributed by atoms with van der Waals surface area (Å²) in [4.78, 5) is 4.18. The van der Waals surface area contributed by atoms with Crippen molar-refractivity contribution in [3.63, 3.8) is 0 Å². The van der Waals surface area contributed by atoms with E-state index in [4.69, 9.17) is 4.42 Å². The molecule has 19 heavy (non-hydrogen) atoms. The third-order valence-electron chi connectivity index (χ3n) is 2.42. The van der Waals surface area contributed by atoms with Gasteiger partial charge >= 0.3 is 0 Å². The number of benzene rings is 1. The van der Waals surface area contributed by atoms with Crippen molar-refractivity contribution in [2.75, 3.05) is 0 Å². The predicted molar refractivity (Wildman–Crippen MR) is 78.4 cm³/mol. The fourth-order valence-electron chi connectivity index (χ4n) is 1.61. The van der Waals surface area contributed by atoms with Crippen LogP contribution in [0, 0.1) is 0 Å². The summed E-state index contributed by atoms with van der Waals surface area (Å²) in [5.41, 5.74) is 1.51. The highest BCUT2D eigenvalue weighted by Gasteiger charge is 2.11. The average Bonchev–Trinajstić information content (AvgIpc) is 2.88. The lowest BCUT2D eigenvalue weighted by molar-refractivity contribution is 0.582. The Hall–Kier alpha value is -1.53. The van der Waals surface area contributed by atoms with Crippen LogP contribution in [0.1, 0.15) is 0 Å². The summed E-state index contributed by atoms with van der Waals surface area (Å²) in [6, 6.07) is 11.3. The first-order valence-corrected chi connectivity index (χ1v) is 7.02. The minimum Gasteiger partial charge on any atom is -0.415 e. The molecule has 0 radical (unpaired) electrons. The Kier molecular flexibility index (Phi) is 3.44. The second-order valence-electron chi connectivity index (χ2n) is 3.79. The highest BCUT2D eigenvalue weighted by molar-refractivity contribution is 9.11. The van der Waals surface area contributed by atoms with Gasteiger partial charge in [-0.05, 0) is 30.3 Å². The number of rotatable bonds is 2. The summed E-state index contributed by atoms with van der Waals surface area (Å²) in [7, 11) is 0. The van der Waals surface area contributed by atoms with E-state index in [-0.39, 0.29) is 0 Å². The van der Waals surface area contributed by atoms with Gasteiger partial charge in [-0.3, -0.25) is 4.98 Å². The number of pyridine rings is 1. The van der Waals surface area contributed by atoms with E-state index in [9.17, 15) is 0 Å². The first-order chi connectivity index (χ1) is 9.22. The minimum absolute atomic E-state index is 0.409. The molecule has 0 aliphatic rings. The fraction of sp³-hybridized carbons (Fsp3) is 0. The lowest BCUT2D eigenvalue weighted by atomic mass is 10.2. The third kappa shape index (κ3) is 2.74. The molecule has 0 saturated carbocycles. The molecule has 94 valence electrons. The van der Waals surface area contributed by atoms with E-state index in [0.29, 0.717) is 17.5 Å². The SMILES string of the molecule is Brc1cc(Br)cc(-c2nnc(-c3ccccn3)o2)c1. The second-order valence-corrected chi connectivity index (χ2v) is 5.62. The van der Waals surface area contributed by atoms with E-state index in [1.807, 2.05) is 36.4 Å². The normalized spacial score (nSPS) is 10.6. The Labute approximate surface area is 126 Å². The maximum absolute atomic E-state index is 5.64. The van der Waals surface area contributed by atoms with Crippen molar-refractivity contribution >= 4 is 31.9 Å². The molecule has 0 aliphatic carbocycles. The molecule has 1 aromatic carbocycles. The molecule has 0 bridgehead atoms. The van der Waals surface area contributed by atoms with Gasteiger partial charge in [-0.1, -0.05) is 37.9 Å². The molecule has 0 spiro atoms. The highest BCUT2D eigenvalue weighted by Crippen LogP contribution is 2.28. The topological polar surface area (TPSA) is 51.8 Å². The number of aromatic nitrogens is 3. The van der Waals surface area contributed by atoms with Crippen LogP contribution >= 0.6 is 31.9 Å². The molecule has 0 aliphatic heterocycles. The van der Waals surface area contributed by atoms with E-state index in [1.165, 1.54) is 0 Å². The van der Waals surface area contributed by atoms with Crippen molar-refractivity contribution in [3.8, 4) is 23.0 Å². The number of halogens is 2. The lowest BCUT2D eigenvalue weighted by Crippen LogP contribution is -1.80. The average molecular weight is 381 g/mol. The van der Waals surface area contributed by atoms with Gasteiger partial charge in [0, 0.05) is 20.7 Å². The molecule has 0 N–H and O–H groups in total. The molecule has 0 fully saturated rings. The predicted octanol–water partition coefficient (Wildman–Crippen LogP) is 4.32. The maximum Gasteiger partial charge on any atom is 0.266 e. The zero-order valence-corrected chi connectivity index (χ0v) is 12.7. The number of hydrogen-bond acceptors (Lipinski definition) is 4. The summed E-state index contributed by atoms with van der Waals surface area (Å²) in [5, 5.41) is 8.06. The molecule has 0 amide bonds. The fourth-order valence-corrected chi connectivity index (χ4v) is 2.90. The molecule has 3 aromatic rings. The van der Waals surface area contributed by atoms with Crippen LogP contribution < -0.4 is 0 Å². The van der Waals surface area contributed by atoms with Crippen molar-refractivity contribution in [3.05, 3.63) is 51.5 Å². The first-order valence-electron chi connectivity index (χ1n) is 5.44. The zero-order chi connectivity index (χ0) is 13.2. The molecular weight excluding hydrogens is 374 g/mol. The van der Waals surface area contributed by atoms with Crippen molar-refractivity contribution in [1.82, 2.24) is 15.2 Å². The van der Waals surface area contributed by atoms with Gasteiger partial charge in [0.05, 0.1) is 0 Å². The summed E-state index contributed by atoms with van der Waals surface area (Å²) in [5.74, 6) is 0.870. The largest absolute Gasteiger partial charge is 0.415 e. The van der Waals surface area contributed by atoms with Gasteiger partial charge in [-0.15, -0.1) is 10.2 Å². The molecule has 2 aromatic heterocycles. The van der Waals surface area contributed by atoms with Crippen LogP contribution in [0.4, 0.5) is 0 Å². The molecule has 6 heteroatoms. The highest BCUT2D eigenvalue weighted by atomic mass is 79.9. The van der Waals surface area contributed by atoms with Crippen LogP contribution in [0.5, 0.6) is 0 Å². The van der Waals surface area contributed by atoms with Gasteiger partial charge in [0.1, 0.15) is 5.69 Å². The van der Waals surface area contributed by atoms with Crippen LogP contribution in [0.15, 0.2) is 56.0 Å². The lowest BCUT2D eigenvalue weighted by Gasteiger charge is -1.98. The molecule has 0 saturated heterocycles. The number of hydrogen-bond donors (Lipinski definition) is 0. The van der Waals surface area contributed by atoms with Crippen molar-refractivity contribution in [2.24, 2.45) is 0 Å².